The number of hydrogen-bond donors (Lipinski definition) is 2. The van der Waals surface area contributed by atoms with Crippen molar-refractivity contribution in [3.63, 3.8) is 0 Å². The minimum atomic E-state index is -3.70. The van der Waals surface area contributed by atoms with Gasteiger partial charge in [0.15, 0.2) is 10.9 Å². The number of rotatable bonds is 8. The second kappa shape index (κ2) is 12.2. The third-order valence-corrected chi connectivity index (χ3v) is 8.67. The number of amides is 1. The number of thiazole rings is 1. The predicted octanol–water partition coefficient (Wildman–Crippen LogP) is 4.35. The molecule has 1 saturated heterocycles. The summed E-state index contributed by atoms with van der Waals surface area (Å²) >= 11 is 1.28. The number of halogens is 3. The van der Waals surface area contributed by atoms with Crippen LogP contribution in [0.2, 0.25) is 0 Å². The van der Waals surface area contributed by atoms with Gasteiger partial charge in [0.1, 0.15) is 11.3 Å². The molecule has 13 heteroatoms. The average molecular weight is 594 g/mol. The Morgan fingerprint density at radius 2 is 1.67 bits per heavy atom. The summed E-state index contributed by atoms with van der Waals surface area (Å²) in [4.78, 5) is 21.3. The summed E-state index contributed by atoms with van der Waals surface area (Å²) in [5.74, 6) is -1.51. The van der Waals surface area contributed by atoms with E-state index in [9.17, 15) is 22.0 Å². The van der Waals surface area contributed by atoms with Gasteiger partial charge in [-0.05, 0) is 42.5 Å². The summed E-state index contributed by atoms with van der Waals surface area (Å²) in [5, 5.41) is 3.56. The minimum absolute atomic E-state index is 0. The van der Waals surface area contributed by atoms with E-state index in [2.05, 4.69) is 24.8 Å². The van der Waals surface area contributed by atoms with Crippen LogP contribution in [0.25, 0.3) is 10.2 Å². The number of carbonyl (C=O) groups is 1. The van der Waals surface area contributed by atoms with E-state index in [1.54, 1.807) is 42.5 Å². The lowest BCUT2D eigenvalue weighted by molar-refractivity contribution is 0.0948. The van der Waals surface area contributed by atoms with Crippen LogP contribution < -0.4 is 14.9 Å². The molecule has 0 aliphatic carbocycles. The standard InChI is InChI=1S/C26H25F2N5O3S2.ClH/c27-19-16-22(28)24-23(17-19)37-26(30-24)33-14-12-32(13-15-33)11-10-29-25(34)18-6-8-20(9-7-18)31-38(35,36)21-4-2-1-3-5-21;/h1-9,16-17,31H,10-15H2,(H,29,34);1H. The molecule has 3 aromatic carbocycles. The first-order chi connectivity index (χ1) is 18.3. The highest BCUT2D eigenvalue weighted by molar-refractivity contribution is 7.92. The van der Waals surface area contributed by atoms with E-state index >= 15 is 0 Å². The fourth-order valence-electron chi connectivity index (χ4n) is 4.18. The van der Waals surface area contributed by atoms with E-state index in [4.69, 9.17) is 0 Å². The van der Waals surface area contributed by atoms with Gasteiger partial charge in [0.2, 0.25) is 0 Å². The van der Waals surface area contributed by atoms with Crippen LogP contribution in [0.15, 0.2) is 71.6 Å². The third-order valence-electron chi connectivity index (χ3n) is 6.21. The summed E-state index contributed by atoms with van der Waals surface area (Å²) in [6.07, 6.45) is 0. The summed E-state index contributed by atoms with van der Waals surface area (Å²) < 4.78 is 55.4. The lowest BCUT2D eigenvalue weighted by atomic mass is 10.2. The van der Waals surface area contributed by atoms with E-state index in [-0.39, 0.29) is 28.7 Å². The van der Waals surface area contributed by atoms with Crippen molar-refractivity contribution in [3.8, 4) is 0 Å². The molecule has 0 bridgehead atoms. The molecule has 1 aliphatic rings. The molecule has 2 N–H and O–H groups in total. The molecule has 1 aliphatic heterocycles. The van der Waals surface area contributed by atoms with Crippen molar-refractivity contribution in [1.29, 1.82) is 0 Å². The molecule has 0 unspecified atom stereocenters. The summed E-state index contributed by atoms with van der Waals surface area (Å²) in [5.41, 5.74) is 0.986. The van der Waals surface area contributed by atoms with Crippen LogP contribution in [0.3, 0.4) is 0 Å². The highest BCUT2D eigenvalue weighted by Crippen LogP contribution is 2.31. The molecule has 1 amide bonds. The number of piperazine rings is 1. The molecule has 8 nitrogen and oxygen atoms in total. The maximum Gasteiger partial charge on any atom is 0.261 e. The van der Waals surface area contributed by atoms with E-state index in [0.29, 0.717) is 47.3 Å². The highest BCUT2D eigenvalue weighted by atomic mass is 35.5. The first-order valence-corrected chi connectivity index (χ1v) is 14.3. The topological polar surface area (TPSA) is 94.6 Å². The Balaban J connectivity index is 0.00000353. The molecule has 39 heavy (non-hydrogen) atoms. The van der Waals surface area contributed by atoms with Crippen molar-refractivity contribution in [2.45, 2.75) is 4.90 Å². The average Bonchev–Trinajstić information content (AvgIpc) is 3.34. The van der Waals surface area contributed by atoms with Gasteiger partial charge in [-0.2, -0.15) is 0 Å². The molecule has 1 aromatic heterocycles. The Bertz CT molecular complexity index is 1550. The quantitative estimate of drug-likeness (QED) is 0.315. The highest BCUT2D eigenvalue weighted by Gasteiger charge is 2.21. The van der Waals surface area contributed by atoms with Gasteiger partial charge in [-0.1, -0.05) is 29.5 Å². The summed E-state index contributed by atoms with van der Waals surface area (Å²) in [6.45, 7) is 4.00. The molecule has 1 fully saturated rings. The Labute approximate surface area is 235 Å². The Kier molecular flexibility index (Phi) is 9.01. The zero-order valence-corrected chi connectivity index (χ0v) is 23.1. The van der Waals surface area contributed by atoms with Crippen molar-refractivity contribution in [3.05, 3.63) is 83.9 Å². The number of hydrogen-bond acceptors (Lipinski definition) is 7. The normalized spacial score (nSPS) is 14.2. The van der Waals surface area contributed by atoms with Crippen molar-refractivity contribution in [2.75, 3.05) is 48.9 Å². The van der Waals surface area contributed by atoms with Crippen LogP contribution in [0.1, 0.15) is 10.4 Å². The summed E-state index contributed by atoms with van der Waals surface area (Å²) in [7, 11) is -3.70. The van der Waals surface area contributed by atoms with Gasteiger partial charge in [-0.3, -0.25) is 14.4 Å². The molecule has 206 valence electrons. The van der Waals surface area contributed by atoms with Crippen molar-refractivity contribution in [1.82, 2.24) is 15.2 Å². The van der Waals surface area contributed by atoms with E-state index < -0.39 is 21.7 Å². The fraction of sp³-hybridized carbons (Fsp3) is 0.231. The van der Waals surface area contributed by atoms with Gasteiger partial charge in [-0.15, -0.1) is 12.4 Å². The molecule has 2 heterocycles. The molecule has 4 aromatic rings. The predicted molar refractivity (Wildman–Crippen MR) is 151 cm³/mol. The number of carbonyl (C=O) groups excluding carboxylic acids is 1. The maximum atomic E-state index is 14.0. The zero-order valence-electron chi connectivity index (χ0n) is 20.6. The van der Waals surface area contributed by atoms with Crippen LogP contribution in [0.5, 0.6) is 0 Å². The zero-order chi connectivity index (χ0) is 26.7. The lowest BCUT2D eigenvalue weighted by Gasteiger charge is -2.34. The number of nitrogens with one attached hydrogen (secondary N) is 2. The van der Waals surface area contributed by atoms with Crippen molar-refractivity contribution in [2.24, 2.45) is 0 Å². The SMILES string of the molecule is Cl.O=C(NCCN1CCN(c2nc3c(F)cc(F)cc3s2)CC1)c1ccc(NS(=O)(=O)c2ccccc2)cc1. The second-order valence-electron chi connectivity index (χ2n) is 8.81. The van der Waals surface area contributed by atoms with E-state index in [1.165, 1.54) is 29.5 Å². The fourth-order valence-corrected chi connectivity index (χ4v) is 6.31. The number of benzene rings is 3. The number of aromatic nitrogens is 1. The number of nitrogens with zero attached hydrogens (tertiary/aromatic N) is 3. The van der Waals surface area contributed by atoms with E-state index in [1.807, 2.05) is 0 Å². The van der Waals surface area contributed by atoms with Crippen molar-refractivity contribution >= 4 is 60.7 Å². The van der Waals surface area contributed by atoms with Gasteiger partial charge < -0.3 is 10.2 Å². The van der Waals surface area contributed by atoms with Gasteiger partial charge in [0.25, 0.3) is 15.9 Å². The molecule has 0 spiro atoms. The van der Waals surface area contributed by atoms with Crippen molar-refractivity contribution < 1.29 is 22.0 Å². The molecular formula is C26H26ClF2N5O3S2. The molecule has 5 rings (SSSR count). The van der Waals surface area contributed by atoms with Crippen LogP contribution >= 0.6 is 23.7 Å². The maximum absolute atomic E-state index is 14.0. The number of anilines is 2. The lowest BCUT2D eigenvalue weighted by Crippen LogP contribution is -2.48. The van der Waals surface area contributed by atoms with Gasteiger partial charge >= 0.3 is 0 Å². The van der Waals surface area contributed by atoms with Crippen LogP contribution in [0.4, 0.5) is 19.6 Å². The molecule has 0 saturated carbocycles. The van der Waals surface area contributed by atoms with Crippen LogP contribution in [-0.4, -0.2) is 63.5 Å². The Hall–Kier alpha value is -3.32. The minimum Gasteiger partial charge on any atom is -0.351 e. The van der Waals surface area contributed by atoms with E-state index in [0.717, 1.165) is 19.2 Å². The number of fused-ring (bicyclic) bond motifs is 1. The van der Waals surface area contributed by atoms with Gasteiger partial charge in [-0.25, -0.2) is 22.2 Å². The monoisotopic (exact) mass is 593 g/mol. The first kappa shape index (κ1) is 28.7. The summed E-state index contributed by atoms with van der Waals surface area (Å²) in [6, 6.07) is 16.5. The Morgan fingerprint density at radius 3 is 2.36 bits per heavy atom. The smallest absolute Gasteiger partial charge is 0.261 e. The first-order valence-electron chi connectivity index (χ1n) is 12.0. The van der Waals surface area contributed by atoms with Crippen LogP contribution in [-0.2, 0) is 10.0 Å². The number of sulfonamides is 1. The van der Waals surface area contributed by atoms with Gasteiger partial charge in [0.05, 0.1) is 9.60 Å². The second-order valence-corrected chi connectivity index (χ2v) is 11.5. The van der Waals surface area contributed by atoms with Crippen LogP contribution in [0, 0.1) is 11.6 Å². The van der Waals surface area contributed by atoms with Gasteiger partial charge in [0, 0.05) is 56.6 Å². The molecular weight excluding hydrogens is 568 g/mol. The largest absolute Gasteiger partial charge is 0.351 e. The molecule has 0 radical (unpaired) electrons. The third kappa shape index (κ3) is 6.82. The Morgan fingerprint density at radius 1 is 0.974 bits per heavy atom. The molecule has 0 atom stereocenters.